The highest BCUT2D eigenvalue weighted by Crippen LogP contribution is 2.34. The summed E-state index contributed by atoms with van der Waals surface area (Å²) in [6.45, 7) is 0.399. The number of hydrogen-bond acceptors (Lipinski definition) is 6. The highest BCUT2D eigenvalue weighted by Gasteiger charge is 2.49. The maximum absolute atomic E-state index is 14.1. The molecule has 218 valence electrons. The van der Waals surface area contributed by atoms with Crippen molar-refractivity contribution in [3.05, 3.63) is 90.0 Å². The molecule has 2 unspecified atom stereocenters. The Balaban J connectivity index is 1.45. The van der Waals surface area contributed by atoms with Gasteiger partial charge in [-0.1, -0.05) is 52.2 Å². The fourth-order valence-corrected chi connectivity index (χ4v) is 7.68. The fraction of sp³-hybridized carbons (Fsp3) is 0.226. The summed E-state index contributed by atoms with van der Waals surface area (Å²) in [7, 11) is -4.47. The molecule has 5 rings (SSSR count). The largest absolute Gasteiger partial charge is 0.469 e. The first-order chi connectivity index (χ1) is 20.0. The molecule has 4 aromatic carbocycles. The number of sulfone groups is 1. The first-order valence-electron chi connectivity index (χ1n) is 13.2. The molecule has 1 aliphatic rings. The molecular formula is C31H30ClN2O6S2+. The summed E-state index contributed by atoms with van der Waals surface area (Å²) in [6.07, 6.45) is 1.72. The van der Waals surface area contributed by atoms with Crippen molar-refractivity contribution in [3.63, 3.8) is 0 Å². The van der Waals surface area contributed by atoms with Crippen LogP contribution in [0.1, 0.15) is 19.3 Å². The van der Waals surface area contributed by atoms with Gasteiger partial charge in [0.1, 0.15) is 0 Å². The van der Waals surface area contributed by atoms with E-state index >= 15 is 0 Å². The van der Waals surface area contributed by atoms with Gasteiger partial charge in [0.15, 0.2) is 31.3 Å². The van der Waals surface area contributed by atoms with Gasteiger partial charge in [0.2, 0.25) is 0 Å². The van der Waals surface area contributed by atoms with E-state index in [1.165, 1.54) is 13.4 Å². The lowest BCUT2D eigenvalue weighted by atomic mass is 9.85. The molecule has 1 saturated heterocycles. The molecule has 0 aliphatic carbocycles. The minimum Gasteiger partial charge on any atom is -0.469 e. The third kappa shape index (κ3) is 6.12. The molecule has 1 N–H and O–H groups in total. The number of methoxy groups -OCH3 is 1. The van der Waals surface area contributed by atoms with Crippen LogP contribution in [0.3, 0.4) is 0 Å². The number of anilines is 1. The number of ether oxygens (including phenoxy) is 1. The predicted octanol–water partition coefficient (Wildman–Crippen LogP) is 5.25. The lowest BCUT2D eigenvalue weighted by Crippen LogP contribution is -2.62. The Morgan fingerprint density at radius 3 is 2.43 bits per heavy atom. The maximum Gasteiger partial charge on any atom is 0.308 e. The SMILES string of the molecule is COC(=O)CC1(N[SH+](=O)c2ccc3cc(Cl)ccc3c2)CCCN(c2ccc(-c3ccccc3S(C)(=O)=O)cc2)C1=O. The Kier molecular flexibility index (Phi) is 8.52. The maximum atomic E-state index is 14.1. The van der Waals surface area contributed by atoms with Crippen LogP contribution >= 0.6 is 11.6 Å². The van der Waals surface area contributed by atoms with Crippen LogP contribution < -0.4 is 9.62 Å². The van der Waals surface area contributed by atoms with Gasteiger partial charge in [-0.2, -0.15) is 0 Å². The number of thiol groups is 1. The molecule has 42 heavy (non-hydrogen) atoms. The number of benzene rings is 4. The second kappa shape index (κ2) is 12.0. The van der Waals surface area contributed by atoms with E-state index in [0.717, 1.165) is 10.8 Å². The lowest BCUT2D eigenvalue weighted by Gasteiger charge is -2.39. The van der Waals surface area contributed by atoms with Crippen molar-refractivity contribution in [2.24, 2.45) is 0 Å². The van der Waals surface area contributed by atoms with E-state index in [9.17, 15) is 22.2 Å². The summed E-state index contributed by atoms with van der Waals surface area (Å²) in [6, 6.07) is 24.5. The Morgan fingerprint density at radius 1 is 1.02 bits per heavy atom. The number of esters is 1. The number of hydrogen-bond donors (Lipinski definition) is 1. The Hall–Kier alpha value is -3.57. The van der Waals surface area contributed by atoms with Gasteiger partial charge < -0.3 is 9.64 Å². The Bertz CT molecular complexity index is 1810. The molecule has 0 bridgehead atoms. The molecule has 11 heteroatoms. The van der Waals surface area contributed by atoms with Crippen LogP contribution in [-0.2, 0) is 39.4 Å². The van der Waals surface area contributed by atoms with E-state index in [-0.39, 0.29) is 17.2 Å². The van der Waals surface area contributed by atoms with Crippen molar-refractivity contribution in [2.45, 2.75) is 34.6 Å². The van der Waals surface area contributed by atoms with Crippen LogP contribution in [0, 0.1) is 0 Å². The molecule has 0 radical (unpaired) electrons. The van der Waals surface area contributed by atoms with Crippen molar-refractivity contribution < 1.29 is 27.0 Å². The number of fused-ring (bicyclic) bond motifs is 1. The van der Waals surface area contributed by atoms with E-state index in [0.29, 0.717) is 46.1 Å². The monoisotopic (exact) mass is 625 g/mol. The zero-order valence-corrected chi connectivity index (χ0v) is 25.5. The van der Waals surface area contributed by atoms with Crippen molar-refractivity contribution in [1.82, 2.24) is 4.72 Å². The van der Waals surface area contributed by atoms with Gasteiger partial charge in [0.25, 0.3) is 5.91 Å². The number of carbonyl (C=O) groups excluding carboxylic acids is 2. The number of amides is 1. The Morgan fingerprint density at radius 2 is 1.71 bits per heavy atom. The molecule has 0 saturated carbocycles. The summed E-state index contributed by atoms with van der Waals surface area (Å²) < 4.78 is 46.2. The second-order valence-corrected chi connectivity index (χ2v) is 14.0. The standard InChI is InChI=1S/C31H29ClN2O6S2/c1-40-29(35)20-31(33-41(37)26-15-11-22-18-24(32)12-8-23(22)19-26)16-5-17-34(30(31)36)25-13-9-21(10-14-25)27-6-3-4-7-28(27)42(2,38)39/h3-4,6-15,18-19H,5,16-17,20H2,1-2H3,(H,33,37)/p+1. The lowest BCUT2D eigenvalue weighted by molar-refractivity contribution is -0.145. The zero-order chi connectivity index (χ0) is 30.1. The number of carbonyl (C=O) groups is 2. The van der Waals surface area contributed by atoms with Crippen molar-refractivity contribution in [2.75, 3.05) is 24.8 Å². The predicted molar refractivity (Wildman–Crippen MR) is 166 cm³/mol. The van der Waals surface area contributed by atoms with Crippen LogP contribution in [0.15, 0.2) is 94.7 Å². The highest BCUT2D eigenvalue weighted by atomic mass is 35.5. The summed E-state index contributed by atoms with van der Waals surface area (Å²) in [5.74, 6) is -0.985. The molecule has 1 heterocycles. The van der Waals surface area contributed by atoms with Crippen LogP contribution in [0.2, 0.25) is 5.02 Å². The van der Waals surface area contributed by atoms with Crippen LogP contribution in [0.4, 0.5) is 5.69 Å². The van der Waals surface area contributed by atoms with E-state index in [4.69, 9.17) is 16.3 Å². The van der Waals surface area contributed by atoms with Gasteiger partial charge in [-0.15, -0.1) is 4.72 Å². The van der Waals surface area contributed by atoms with Gasteiger partial charge in [-0.3, -0.25) is 9.59 Å². The van der Waals surface area contributed by atoms with Crippen molar-refractivity contribution >= 4 is 60.8 Å². The smallest absolute Gasteiger partial charge is 0.308 e. The number of halogens is 1. The van der Waals surface area contributed by atoms with E-state index in [1.54, 1.807) is 71.6 Å². The van der Waals surface area contributed by atoms with E-state index in [2.05, 4.69) is 4.72 Å². The van der Waals surface area contributed by atoms with Gasteiger partial charge in [0.05, 0.1) is 18.4 Å². The van der Waals surface area contributed by atoms with Gasteiger partial charge in [0, 0.05) is 35.1 Å². The molecule has 1 fully saturated rings. The number of nitrogens with one attached hydrogen (secondary N) is 1. The first-order valence-corrected chi connectivity index (χ1v) is 16.8. The Labute approximate surface area is 252 Å². The number of nitrogens with zero attached hydrogens (tertiary/aromatic N) is 1. The molecular weight excluding hydrogens is 596 g/mol. The first kappa shape index (κ1) is 29.9. The minimum atomic E-state index is -3.45. The molecule has 1 aliphatic heterocycles. The van der Waals surface area contributed by atoms with E-state index in [1.807, 2.05) is 18.2 Å². The van der Waals surface area contributed by atoms with Crippen molar-refractivity contribution in [3.8, 4) is 11.1 Å². The van der Waals surface area contributed by atoms with Crippen molar-refractivity contribution in [1.29, 1.82) is 0 Å². The molecule has 4 aromatic rings. The van der Waals surface area contributed by atoms with Gasteiger partial charge in [-0.25, -0.2) is 8.42 Å². The highest BCUT2D eigenvalue weighted by molar-refractivity contribution is 7.90. The molecule has 2 atom stereocenters. The van der Waals surface area contributed by atoms with Crippen LogP contribution in [0.5, 0.6) is 0 Å². The quantitative estimate of drug-likeness (QED) is 0.163. The van der Waals surface area contributed by atoms with Gasteiger partial charge >= 0.3 is 5.97 Å². The summed E-state index contributed by atoms with van der Waals surface area (Å²) in [4.78, 5) is 28.9. The fourth-order valence-electron chi connectivity index (χ4n) is 5.32. The third-order valence-corrected chi connectivity index (χ3v) is 10.2. The summed E-state index contributed by atoms with van der Waals surface area (Å²) >= 11 is 6.10. The van der Waals surface area contributed by atoms with Gasteiger partial charge in [-0.05, 0) is 71.6 Å². The average molecular weight is 626 g/mol. The molecule has 1 amide bonds. The van der Waals surface area contributed by atoms with Crippen LogP contribution in [-0.4, -0.2) is 45.7 Å². The minimum absolute atomic E-state index is 0.216. The average Bonchev–Trinajstić information content (AvgIpc) is 2.98. The summed E-state index contributed by atoms with van der Waals surface area (Å²) in [5, 5.41) is 2.33. The molecule has 0 spiro atoms. The summed E-state index contributed by atoms with van der Waals surface area (Å²) in [5.41, 5.74) is 0.376. The number of rotatable bonds is 8. The topological polar surface area (TPSA) is 110 Å². The second-order valence-electron chi connectivity index (χ2n) is 10.3. The molecule has 0 aromatic heterocycles. The number of piperidine rings is 1. The molecule has 8 nitrogen and oxygen atoms in total. The third-order valence-electron chi connectivity index (χ3n) is 7.43. The normalized spacial score (nSPS) is 18.2. The van der Waals surface area contributed by atoms with Crippen LogP contribution in [0.25, 0.3) is 21.9 Å². The zero-order valence-electron chi connectivity index (χ0n) is 23.0. The van der Waals surface area contributed by atoms with E-state index < -0.39 is 32.3 Å².